The van der Waals surface area contributed by atoms with Crippen LogP contribution in [0.15, 0.2) is 60.8 Å². The molecular weight excluding hydrogens is 420 g/mol. The van der Waals surface area contributed by atoms with Crippen molar-refractivity contribution in [3.63, 3.8) is 0 Å². The normalized spacial score (nSPS) is 11.1. The number of carbonyl (C=O) groups excluding carboxylic acids is 1. The van der Waals surface area contributed by atoms with Crippen molar-refractivity contribution in [2.75, 3.05) is 7.05 Å². The maximum atomic E-state index is 11.7. The Hall–Kier alpha value is -3.18. The van der Waals surface area contributed by atoms with Crippen LogP contribution in [0.4, 0.5) is 0 Å². The number of benzene rings is 1. The van der Waals surface area contributed by atoms with Gasteiger partial charge in [0.1, 0.15) is 5.15 Å². The van der Waals surface area contributed by atoms with Gasteiger partial charge in [-0.25, -0.2) is 9.50 Å². The van der Waals surface area contributed by atoms with Crippen molar-refractivity contribution in [1.29, 1.82) is 0 Å². The summed E-state index contributed by atoms with van der Waals surface area (Å²) in [5.74, 6) is 0.0715. The van der Waals surface area contributed by atoms with Crippen LogP contribution < -0.4 is 5.32 Å². The van der Waals surface area contributed by atoms with E-state index < -0.39 is 0 Å². The summed E-state index contributed by atoms with van der Waals surface area (Å²) in [7, 11) is 1.68. The second kappa shape index (κ2) is 9.96. The molecule has 0 aliphatic heterocycles. The first kappa shape index (κ1) is 22.0. The summed E-state index contributed by atoms with van der Waals surface area (Å²) in [5, 5.41) is 8.27. The summed E-state index contributed by atoms with van der Waals surface area (Å²) in [5.41, 5.74) is 7.58. The van der Waals surface area contributed by atoms with Gasteiger partial charge >= 0.3 is 0 Å². The Kier molecular flexibility index (Phi) is 6.86. The van der Waals surface area contributed by atoms with Crippen molar-refractivity contribution in [3.05, 3.63) is 77.2 Å². The van der Waals surface area contributed by atoms with Crippen LogP contribution >= 0.6 is 11.6 Å². The highest BCUT2D eigenvalue weighted by Gasteiger charge is 2.20. The molecule has 3 heterocycles. The van der Waals surface area contributed by atoms with Gasteiger partial charge < -0.3 is 5.32 Å². The van der Waals surface area contributed by atoms with Crippen molar-refractivity contribution in [3.8, 4) is 22.4 Å². The smallest absolute Gasteiger partial charge is 0.219 e. The van der Waals surface area contributed by atoms with E-state index in [1.807, 2.05) is 30.3 Å². The lowest BCUT2D eigenvalue weighted by atomic mass is 9.92. The molecule has 0 aliphatic rings. The van der Waals surface area contributed by atoms with E-state index in [2.05, 4.69) is 46.0 Å². The number of nitrogens with one attached hydrogen (secondary N) is 1. The van der Waals surface area contributed by atoms with Crippen LogP contribution in [0.1, 0.15) is 37.4 Å². The van der Waals surface area contributed by atoms with E-state index in [1.54, 1.807) is 13.2 Å². The molecular formula is C26H27ClN4O. The average Bonchev–Trinajstić information content (AvgIpc) is 3.24. The number of amides is 1. The van der Waals surface area contributed by atoms with E-state index >= 15 is 0 Å². The third-order valence-electron chi connectivity index (χ3n) is 5.76. The summed E-state index contributed by atoms with van der Waals surface area (Å²) >= 11 is 6.29. The standard InChI is InChI=1S/C26H27ClN4O/c1-3-20-13-14-22-25(19-15-16-29-23(27)17-19)21(11-7-8-12-24(32)28-2)26(30-31(20)22)18-9-5-4-6-10-18/h4-6,9-10,13-17H,3,7-8,11-12H2,1-2H3,(H,28,32). The van der Waals surface area contributed by atoms with Crippen molar-refractivity contribution in [1.82, 2.24) is 19.9 Å². The first-order chi connectivity index (χ1) is 15.6. The summed E-state index contributed by atoms with van der Waals surface area (Å²) in [6, 6.07) is 18.5. The van der Waals surface area contributed by atoms with Crippen molar-refractivity contribution in [2.45, 2.75) is 39.0 Å². The molecule has 0 unspecified atom stereocenters. The van der Waals surface area contributed by atoms with Crippen molar-refractivity contribution in [2.24, 2.45) is 0 Å². The van der Waals surface area contributed by atoms with E-state index in [1.165, 1.54) is 5.56 Å². The minimum absolute atomic E-state index is 0.0715. The van der Waals surface area contributed by atoms with Gasteiger partial charge in [-0.15, -0.1) is 0 Å². The molecule has 1 amide bonds. The fourth-order valence-corrected chi connectivity index (χ4v) is 4.32. The molecule has 0 spiro atoms. The molecule has 4 aromatic rings. The largest absolute Gasteiger partial charge is 0.359 e. The Morgan fingerprint density at radius 1 is 1.06 bits per heavy atom. The zero-order chi connectivity index (χ0) is 22.5. The van der Waals surface area contributed by atoms with Crippen molar-refractivity contribution >= 4 is 23.0 Å². The lowest BCUT2D eigenvalue weighted by molar-refractivity contribution is -0.120. The average molecular weight is 447 g/mol. The quantitative estimate of drug-likeness (QED) is 0.277. The molecule has 3 aromatic heterocycles. The molecule has 1 aromatic carbocycles. The first-order valence-electron chi connectivity index (χ1n) is 11.0. The molecule has 0 radical (unpaired) electrons. The van der Waals surface area contributed by atoms with Crippen LogP contribution in [0, 0.1) is 0 Å². The monoisotopic (exact) mass is 446 g/mol. The second-order valence-corrected chi connectivity index (χ2v) is 8.18. The van der Waals surface area contributed by atoms with Gasteiger partial charge in [0.15, 0.2) is 0 Å². The number of halogens is 1. The number of carbonyl (C=O) groups is 1. The predicted octanol–water partition coefficient (Wildman–Crippen LogP) is 5.74. The molecule has 5 nitrogen and oxygen atoms in total. The lowest BCUT2D eigenvalue weighted by Crippen LogP contribution is -2.17. The molecule has 0 aliphatic carbocycles. The summed E-state index contributed by atoms with van der Waals surface area (Å²) in [4.78, 5) is 15.9. The number of nitrogens with zero attached hydrogens (tertiary/aromatic N) is 3. The zero-order valence-electron chi connectivity index (χ0n) is 18.4. The van der Waals surface area contributed by atoms with Gasteiger partial charge in [0.05, 0.1) is 11.2 Å². The summed E-state index contributed by atoms with van der Waals surface area (Å²) < 4.78 is 2.06. The first-order valence-corrected chi connectivity index (χ1v) is 11.4. The maximum absolute atomic E-state index is 11.7. The lowest BCUT2D eigenvalue weighted by Gasteiger charge is -2.18. The van der Waals surface area contributed by atoms with Gasteiger partial charge in [0, 0.05) is 36.5 Å². The molecule has 0 saturated carbocycles. The Morgan fingerprint density at radius 3 is 2.59 bits per heavy atom. The summed E-state index contributed by atoms with van der Waals surface area (Å²) in [6.07, 6.45) is 5.67. The third kappa shape index (κ3) is 4.53. The molecule has 32 heavy (non-hydrogen) atoms. The number of fused-ring (bicyclic) bond motifs is 1. The van der Waals surface area contributed by atoms with E-state index in [0.29, 0.717) is 11.6 Å². The van der Waals surface area contributed by atoms with Crippen LogP contribution in [0.3, 0.4) is 0 Å². The minimum Gasteiger partial charge on any atom is -0.359 e. The Morgan fingerprint density at radius 2 is 1.88 bits per heavy atom. The number of aryl methyl sites for hydroxylation is 1. The van der Waals surface area contributed by atoms with E-state index in [0.717, 1.165) is 59.3 Å². The molecule has 0 atom stereocenters. The predicted molar refractivity (Wildman–Crippen MR) is 130 cm³/mol. The Balaban J connectivity index is 1.91. The van der Waals surface area contributed by atoms with Gasteiger partial charge in [-0.1, -0.05) is 48.9 Å². The highest BCUT2D eigenvalue weighted by molar-refractivity contribution is 6.29. The van der Waals surface area contributed by atoms with Crippen LogP contribution in [-0.4, -0.2) is 27.6 Å². The topological polar surface area (TPSA) is 59.3 Å². The van der Waals surface area contributed by atoms with Crippen LogP contribution in [0.2, 0.25) is 5.15 Å². The van der Waals surface area contributed by atoms with E-state index in [-0.39, 0.29) is 5.91 Å². The highest BCUT2D eigenvalue weighted by atomic mass is 35.5. The fraction of sp³-hybridized carbons (Fsp3) is 0.269. The molecule has 0 fully saturated rings. The van der Waals surface area contributed by atoms with Gasteiger partial charge in [0.25, 0.3) is 0 Å². The number of aromatic nitrogens is 3. The molecule has 6 heteroatoms. The molecule has 0 saturated heterocycles. The Bertz CT molecular complexity index is 1230. The zero-order valence-corrected chi connectivity index (χ0v) is 19.2. The maximum Gasteiger partial charge on any atom is 0.219 e. The number of hydrogen-bond donors (Lipinski definition) is 1. The van der Waals surface area contributed by atoms with Crippen LogP contribution in [0.25, 0.3) is 27.9 Å². The van der Waals surface area contributed by atoms with Gasteiger partial charge in [0.2, 0.25) is 5.91 Å². The summed E-state index contributed by atoms with van der Waals surface area (Å²) in [6.45, 7) is 2.14. The van der Waals surface area contributed by atoms with E-state index in [4.69, 9.17) is 16.7 Å². The SMILES string of the molecule is CCc1ccc2c(-c3ccnc(Cl)c3)c(CCCCC(=O)NC)c(-c3ccccc3)nn12. The molecule has 164 valence electrons. The molecule has 1 N–H and O–H groups in total. The number of rotatable bonds is 8. The van der Waals surface area contributed by atoms with Crippen molar-refractivity contribution < 1.29 is 4.79 Å². The van der Waals surface area contributed by atoms with Gasteiger partial charge in [-0.2, -0.15) is 5.10 Å². The number of hydrogen-bond acceptors (Lipinski definition) is 3. The number of pyridine rings is 1. The minimum atomic E-state index is 0.0715. The van der Waals surface area contributed by atoms with Crippen LogP contribution in [-0.2, 0) is 17.6 Å². The fourth-order valence-electron chi connectivity index (χ4n) is 4.14. The van der Waals surface area contributed by atoms with E-state index in [9.17, 15) is 4.79 Å². The number of unbranched alkanes of at least 4 members (excludes halogenated alkanes) is 1. The Labute approximate surface area is 193 Å². The third-order valence-corrected chi connectivity index (χ3v) is 5.97. The molecule has 0 bridgehead atoms. The highest BCUT2D eigenvalue weighted by Crippen LogP contribution is 2.37. The van der Waals surface area contributed by atoms with Gasteiger partial charge in [-0.3, -0.25) is 4.79 Å². The van der Waals surface area contributed by atoms with Crippen LogP contribution in [0.5, 0.6) is 0 Å². The second-order valence-electron chi connectivity index (χ2n) is 7.79. The van der Waals surface area contributed by atoms with Gasteiger partial charge in [-0.05, 0) is 61.1 Å². The molecule has 4 rings (SSSR count).